The highest BCUT2D eigenvalue weighted by molar-refractivity contribution is 4.68. The number of aliphatic hydroxyl groups excluding tert-OH is 1. The molecule has 0 bridgehead atoms. The van der Waals surface area contributed by atoms with Gasteiger partial charge in [0.1, 0.15) is 6.33 Å². The minimum absolute atomic E-state index is 0.00810. The van der Waals surface area contributed by atoms with E-state index in [4.69, 9.17) is 5.11 Å². The van der Waals surface area contributed by atoms with E-state index in [0.29, 0.717) is 6.42 Å². The van der Waals surface area contributed by atoms with Crippen molar-refractivity contribution in [2.75, 3.05) is 6.61 Å². The fourth-order valence-corrected chi connectivity index (χ4v) is 1.17. The molecule has 5 heteroatoms. The first-order valence-corrected chi connectivity index (χ1v) is 4.02. The van der Waals surface area contributed by atoms with Gasteiger partial charge in [0, 0.05) is 6.61 Å². The molecule has 0 radical (unpaired) electrons. The van der Waals surface area contributed by atoms with Crippen molar-refractivity contribution in [1.29, 1.82) is 0 Å². The summed E-state index contributed by atoms with van der Waals surface area (Å²) in [5.74, 6) is 0. The zero-order chi connectivity index (χ0) is 8.97. The van der Waals surface area contributed by atoms with Crippen LogP contribution < -0.4 is 5.69 Å². The highest BCUT2D eigenvalue weighted by atomic mass is 16.3. The standard InChI is InChI=1S/C7H13N3O2/c1-2-6(3-4-11)10-7(12)8-5-9-10/h5-6,11H,2-4H2,1H3,(H,8,9,12)/t6-/m1/s1. The Morgan fingerprint density at radius 2 is 2.58 bits per heavy atom. The van der Waals surface area contributed by atoms with Crippen molar-refractivity contribution in [1.82, 2.24) is 14.8 Å². The molecule has 0 aliphatic rings. The Kier molecular flexibility index (Phi) is 3.04. The van der Waals surface area contributed by atoms with E-state index >= 15 is 0 Å². The predicted molar refractivity (Wildman–Crippen MR) is 43.9 cm³/mol. The molecule has 1 aromatic rings. The van der Waals surface area contributed by atoms with Crippen molar-refractivity contribution in [3.05, 3.63) is 16.8 Å². The Morgan fingerprint density at radius 1 is 1.83 bits per heavy atom. The van der Waals surface area contributed by atoms with E-state index < -0.39 is 0 Å². The van der Waals surface area contributed by atoms with E-state index in [1.165, 1.54) is 11.0 Å². The first-order valence-electron chi connectivity index (χ1n) is 4.02. The van der Waals surface area contributed by atoms with Crippen LogP contribution in [0.1, 0.15) is 25.8 Å². The Morgan fingerprint density at radius 3 is 3.00 bits per heavy atom. The summed E-state index contributed by atoms with van der Waals surface area (Å²) in [7, 11) is 0. The second kappa shape index (κ2) is 4.06. The lowest BCUT2D eigenvalue weighted by atomic mass is 10.2. The summed E-state index contributed by atoms with van der Waals surface area (Å²) in [6, 6.07) is 0.00810. The van der Waals surface area contributed by atoms with Crippen LogP contribution in [-0.2, 0) is 0 Å². The van der Waals surface area contributed by atoms with Crippen molar-refractivity contribution in [2.45, 2.75) is 25.8 Å². The van der Waals surface area contributed by atoms with Crippen molar-refractivity contribution in [2.24, 2.45) is 0 Å². The molecule has 0 aromatic carbocycles. The fraction of sp³-hybridized carbons (Fsp3) is 0.714. The lowest BCUT2D eigenvalue weighted by molar-refractivity contribution is 0.246. The molecule has 0 saturated heterocycles. The van der Waals surface area contributed by atoms with Gasteiger partial charge in [-0.05, 0) is 12.8 Å². The minimum Gasteiger partial charge on any atom is -0.396 e. The number of H-pyrrole nitrogens is 1. The van der Waals surface area contributed by atoms with E-state index in [1.807, 2.05) is 6.92 Å². The molecule has 1 heterocycles. The van der Waals surface area contributed by atoms with Crippen LogP contribution in [0.25, 0.3) is 0 Å². The quantitative estimate of drug-likeness (QED) is 0.664. The maximum atomic E-state index is 11.1. The van der Waals surface area contributed by atoms with Crippen molar-refractivity contribution in [3.8, 4) is 0 Å². The molecule has 0 amide bonds. The Labute approximate surface area is 70.0 Å². The normalized spacial score (nSPS) is 13.2. The molecule has 2 N–H and O–H groups in total. The molecule has 0 saturated carbocycles. The summed E-state index contributed by atoms with van der Waals surface area (Å²) < 4.78 is 1.37. The molecular weight excluding hydrogens is 158 g/mol. The topological polar surface area (TPSA) is 70.9 Å². The van der Waals surface area contributed by atoms with E-state index in [-0.39, 0.29) is 18.3 Å². The third-order valence-corrected chi connectivity index (χ3v) is 1.86. The number of aromatic nitrogens is 3. The molecule has 5 nitrogen and oxygen atoms in total. The molecule has 0 fully saturated rings. The number of aromatic amines is 1. The van der Waals surface area contributed by atoms with Gasteiger partial charge in [-0.25, -0.2) is 9.48 Å². The number of hydrogen-bond acceptors (Lipinski definition) is 3. The van der Waals surface area contributed by atoms with E-state index in [0.717, 1.165) is 6.42 Å². The van der Waals surface area contributed by atoms with Crippen LogP contribution >= 0.6 is 0 Å². The highest BCUT2D eigenvalue weighted by Gasteiger charge is 2.10. The van der Waals surface area contributed by atoms with Crippen LogP contribution in [0.3, 0.4) is 0 Å². The van der Waals surface area contributed by atoms with Gasteiger partial charge in [-0.1, -0.05) is 6.92 Å². The van der Waals surface area contributed by atoms with Gasteiger partial charge in [0.15, 0.2) is 0 Å². The van der Waals surface area contributed by atoms with Gasteiger partial charge in [-0.2, -0.15) is 5.10 Å². The van der Waals surface area contributed by atoms with Gasteiger partial charge >= 0.3 is 5.69 Å². The van der Waals surface area contributed by atoms with Crippen LogP contribution in [0.2, 0.25) is 0 Å². The number of nitrogens with zero attached hydrogens (tertiary/aromatic N) is 2. The summed E-state index contributed by atoms with van der Waals surface area (Å²) in [6.07, 6.45) is 2.73. The fourth-order valence-electron chi connectivity index (χ4n) is 1.17. The van der Waals surface area contributed by atoms with Crippen LogP contribution in [0.4, 0.5) is 0 Å². The van der Waals surface area contributed by atoms with Gasteiger partial charge in [-0.15, -0.1) is 0 Å². The predicted octanol–water partition coefficient (Wildman–Crippen LogP) is -0.0951. The maximum absolute atomic E-state index is 11.1. The average Bonchev–Trinajstić information content (AvgIpc) is 2.47. The second-order valence-electron chi connectivity index (χ2n) is 2.61. The monoisotopic (exact) mass is 171 g/mol. The summed E-state index contributed by atoms with van der Waals surface area (Å²) in [5, 5.41) is 12.5. The molecule has 68 valence electrons. The zero-order valence-electron chi connectivity index (χ0n) is 7.03. The van der Waals surface area contributed by atoms with Crippen molar-refractivity contribution in [3.63, 3.8) is 0 Å². The second-order valence-corrected chi connectivity index (χ2v) is 2.61. The molecule has 1 rings (SSSR count). The lowest BCUT2D eigenvalue weighted by Crippen LogP contribution is -2.24. The molecule has 0 spiro atoms. The van der Waals surface area contributed by atoms with Crippen molar-refractivity contribution < 1.29 is 5.11 Å². The first kappa shape index (κ1) is 8.99. The van der Waals surface area contributed by atoms with E-state index in [9.17, 15) is 4.79 Å². The SMILES string of the molecule is CC[C@H](CCO)n1nc[nH]c1=O. The van der Waals surface area contributed by atoms with Crippen LogP contribution in [0.15, 0.2) is 11.1 Å². The van der Waals surface area contributed by atoms with Gasteiger partial charge in [0.25, 0.3) is 0 Å². The third-order valence-electron chi connectivity index (χ3n) is 1.86. The number of aliphatic hydroxyl groups is 1. The van der Waals surface area contributed by atoms with E-state index in [2.05, 4.69) is 10.1 Å². The molecule has 0 aliphatic heterocycles. The highest BCUT2D eigenvalue weighted by Crippen LogP contribution is 2.10. The largest absolute Gasteiger partial charge is 0.396 e. The first-order chi connectivity index (χ1) is 5.79. The van der Waals surface area contributed by atoms with Gasteiger partial charge in [0.05, 0.1) is 6.04 Å². The summed E-state index contributed by atoms with van der Waals surface area (Å²) >= 11 is 0. The van der Waals surface area contributed by atoms with E-state index in [1.54, 1.807) is 0 Å². The number of nitrogens with one attached hydrogen (secondary N) is 1. The minimum atomic E-state index is -0.213. The van der Waals surface area contributed by atoms with Crippen LogP contribution in [-0.4, -0.2) is 26.5 Å². The summed E-state index contributed by atoms with van der Waals surface area (Å²) in [5.41, 5.74) is -0.213. The van der Waals surface area contributed by atoms with Gasteiger partial charge in [-0.3, -0.25) is 4.98 Å². The average molecular weight is 171 g/mol. The Bertz CT molecular complexity index is 278. The van der Waals surface area contributed by atoms with Crippen LogP contribution in [0.5, 0.6) is 0 Å². The van der Waals surface area contributed by atoms with Gasteiger partial charge < -0.3 is 5.11 Å². The smallest absolute Gasteiger partial charge is 0.343 e. The third kappa shape index (κ3) is 1.73. The zero-order valence-corrected chi connectivity index (χ0v) is 7.03. The summed E-state index contributed by atoms with van der Waals surface area (Å²) in [6.45, 7) is 2.04. The molecule has 1 aromatic heterocycles. The number of rotatable bonds is 4. The molecule has 0 unspecified atom stereocenters. The molecule has 0 aliphatic carbocycles. The van der Waals surface area contributed by atoms with Crippen LogP contribution in [0, 0.1) is 0 Å². The molecule has 1 atom stereocenters. The summed E-state index contributed by atoms with van der Waals surface area (Å²) in [4.78, 5) is 13.5. The Hall–Kier alpha value is -1.10. The lowest BCUT2D eigenvalue weighted by Gasteiger charge is -2.11. The number of hydrogen-bond donors (Lipinski definition) is 2. The van der Waals surface area contributed by atoms with Gasteiger partial charge in [0.2, 0.25) is 0 Å². The molecular formula is C7H13N3O2. The Balaban J connectivity index is 2.79. The molecule has 12 heavy (non-hydrogen) atoms. The van der Waals surface area contributed by atoms with Crippen molar-refractivity contribution >= 4 is 0 Å². The maximum Gasteiger partial charge on any atom is 0.343 e.